The minimum Gasteiger partial charge on any atom is -0.452 e. The minimum atomic E-state index is -0.879. The Labute approximate surface area is 131 Å². The number of aromatic amines is 1. The van der Waals surface area contributed by atoms with Gasteiger partial charge < -0.3 is 15.0 Å². The summed E-state index contributed by atoms with van der Waals surface area (Å²) in [5.41, 5.74) is -0.273. The van der Waals surface area contributed by atoms with E-state index in [2.05, 4.69) is 10.3 Å². The normalized spacial score (nSPS) is 10.1. The van der Waals surface area contributed by atoms with E-state index in [0.717, 1.165) is 0 Å². The highest BCUT2D eigenvalue weighted by Gasteiger charge is 2.13. The second-order valence-electron chi connectivity index (χ2n) is 4.68. The van der Waals surface area contributed by atoms with Gasteiger partial charge in [-0.05, 0) is 30.2 Å². The first kappa shape index (κ1) is 16.4. The van der Waals surface area contributed by atoms with Crippen LogP contribution in [0.1, 0.15) is 15.9 Å². The van der Waals surface area contributed by atoms with Gasteiger partial charge in [0.05, 0.1) is 0 Å². The number of rotatable bonds is 6. The maximum atomic E-state index is 13.4. The van der Waals surface area contributed by atoms with Crippen LogP contribution in [0.2, 0.25) is 0 Å². The van der Waals surface area contributed by atoms with Crippen molar-refractivity contribution in [3.05, 3.63) is 69.9 Å². The zero-order chi connectivity index (χ0) is 16.7. The molecular formula is C16H15FN2O4. The predicted molar refractivity (Wildman–Crippen MR) is 80.5 cm³/mol. The van der Waals surface area contributed by atoms with Gasteiger partial charge in [-0.3, -0.25) is 9.59 Å². The van der Waals surface area contributed by atoms with E-state index in [4.69, 9.17) is 4.74 Å². The first-order valence-electron chi connectivity index (χ1n) is 6.93. The molecule has 0 spiro atoms. The van der Waals surface area contributed by atoms with Crippen LogP contribution < -0.4 is 10.9 Å². The van der Waals surface area contributed by atoms with Crippen LogP contribution in [0.25, 0.3) is 0 Å². The molecule has 2 aromatic rings. The van der Waals surface area contributed by atoms with Gasteiger partial charge in [0, 0.05) is 12.7 Å². The number of nitrogens with one attached hydrogen (secondary N) is 2. The number of pyridine rings is 1. The van der Waals surface area contributed by atoms with Crippen molar-refractivity contribution >= 4 is 11.9 Å². The van der Waals surface area contributed by atoms with Crippen LogP contribution >= 0.6 is 0 Å². The number of hydrogen-bond acceptors (Lipinski definition) is 4. The molecule has 0 radical (unpaired) electrons. The molecule has 2 rings (SSSR count). The largest absolute Gasteiger partial charge is 0.452 e. The quantitative estimate of drug-likeness (QED) is 0.779. The van der Waals surface area contributed by atoms with E-state index in [1.54, 1.807) is 18.2 Å². The van der Waals surface area contributed by atoms with Crippen molar-refractivity contribution in [1.29, 1.82) is 0 Å². The molecule has 0 aliphatic rings. The number of aromatic nitrogens is 1. The maximum absolute atomic E-state index is 13.4. The summed E-state index contributed by atoms with van der Waals surface area (Å²) in [4.78, 5) is 36.9. The highest BCUT2D eigenvalue weighted by atomic mass is 19.1. The van der Waals surface area contributed by atoms with Gasteiger partial charge in [0.1, 0.15) is 11.4 Å². The minimum absolute atomic E-state index is 0.174. The second kappa shape index (κ2) is 7.88. The lowest BCUT2D eigenvalue weighted by atomic mass is 10.1. The van der Waals surface area contributed by atoms with Gasteiger partial charge in [-0.15, -0.1) is 0 Å². The monoisotopic (exact) mass is 318 g/mol. The first-order valence-corrected chi connectivity index (χ1v) is 6.93. The summed E-state index contributed by atoms with van der Waals surface area (Å²) in [5, 5.41) is 2.51. The van der Waals surface area contributed by atoms with Gasteiger partial charge in [-0.25, -0.2) is 9.18 Å². The van der Waals surface area contributed by atoms with Crippen molar-refractivity contribution in [3.8, 4) is 0 Å². The van der Waals surface area contributed by atoms with E-state index in [-0.39, 0.29) is 17.9 Å². The zero-order valence-electron chi connectivity index (χ0n) is 12.2. The van der Waals surface area contributed by atoms with E-state index in [1.807, 2.05) is 0 Å². The number of ether oxygens (including phenoxy) is 1. The third-order valence-corrected chi connectivity index (χ3v) is 3.05. The molecule has 1 aromatic heterocycles. The van der Waals surface area contributed by atoms with Crippen molar-refractivity contribution < 1.29 is 18.7 Å². The SMILES string of the molecule is O=C(COC(=O)c1ccc[nH]c1=O)NCCc1ccccc1F. The smallest absolute Gasteiger partial charge is 0.344 e. The summed E-state index contributed by atoms with van der Waals surface area (Å²) in [6.45, 7) is -0.298. The summed E-state index contributed by atoms with van der Waals surface area (Å²) in [7, 11) is 0. The number of H-pyrrole nitrogens is 1. The molecule has 6 nitrogen and oxygen atoms in total. The van der Waals surface area contributed by atoms with E-state index in [0.29, 0.717) is 12.0 Å². The van der Waals surface area contributed by atoms with Crippen molar-refractivity contribution in [2.24, 2.45) is 0 Å². The van der Waals surface area contributed by atoms with E-state index in [9.17, 15) is 18.8 Å². The number of carbonyl (C=O) groups is 2. The number of amides is 1. The molecule has 0 unspecified atom stereocenters. The van der Waals surface area contributed by atoms with Gasteiger partial charge in [-0.1, -0.05) is 18.2 Å². The number of halogens is 1. The summed E-state index contributed by atoms with van der Waals surface area (Å²) in [6.07, 6.45) is 1.71. The van der Waals surface area contributed by atoms with Crippen molar-refractivity contribution in [2.75, 3.05) is 13.2 Å². The summed E-state index contributed by atoms with van der Waals surface area (Å²) < 4.78 is 18.1. The molecule has 23 heavy (non-hydrogen) atoms. The van der Waals surface area contributed by atoms with Crippen LogP contribution in [0.15, 0.2) is 47.4 Å². The summed E-state index contributed by atoms with van der Waals surface area (Å²) >= 11 is 0. The Balaban J connectivity index is 1.75. The molecule has 2 N–H and O–H groups in total. The fourth-order valence-electron chi connectivity index (χ4n) is 1.88. The molecule has 0 aliphatic carbocycles. The van der Waals surface area contributed by atoms with Gasteiger partial charge in [-0.2, -0.15) is 0 Å². The lowest BCUT2D eigenvalue weighted by Crippen LogP contribution is -2.31. The molecule has 1 heterocycles. The fourth-order valence-corrected chi connectivity index (χ4v) is 1.88. The number of carbonyl (C=O) groups excluding carboxylic acids is 2. The molecular weight excluding hydrogens is 303 g/mol. The molecule has 7 heteroatoms. The number of hydrogen-bond donors (Lipinski definition) is 2. The van der Waals surface area contributed by atoms with Crippen molar-refractivity contribution in [2.45, 2.75) is 6.42 Å². The molecule has 0 aliphatic heterocycles. The maximum Gasteiger partial charge on any atom is 0.344 e. The molecule has 1 aromatic carbocycles. The van der Waals surface area contributed by atoms with Gasteiger partial charge in [0.15, 0.2) is 6.61 Å². The molecule has 120 valence electrons. The van der Waals surface area contributed by atoms with Crippen LogP contribution in [-0.2, 0) is 16.0 Å². The van der Waals surface area contributed by atoms with Crippen LogP contribution in [0.3, 0.4) is 0 Å². The third kappa shape index (κ3) is 4.77. The van der Waals surface area contributed by atoms with E-state index in [1.165, 1.54) is 24.4 Å². The number of benzene rings is 1. The van der Waals surface area contributed by atoms with E-state index < -0.39 is 24.0 Å². The fraction of sp³-hybridized carbons (Fsp3) is 0.188. The van der Waals surface area contributed by atoms with Crippen molar-refractivity contribution in [1.82, 2.24) is 10.3 Å². The highest BCUT2D eigenvalue weighted by molar-refractivity contribution is 5.90. The lowest BCUT2D eigenvalue weighted by molar-refractivity contribution is -0.124. The Kier molecular flexibility index (Phi) is 5.62. The average Bonchev–Trinajstić information content (AvgIpc) is 2.55. The third-order valence-electron chi connectivity index (χ3n) is 3.05. The van der Waals surface area contributed by atoms with Gasteiger partial charge in [0.2, 0.25) is 0 Å². The Morgan fingerprint density at radius 2 is 1.96 bits per heavy atom. The Morgan fingerprint density at radius 3 is 2.70 bits per heavy atom. The Hall–Kier alpha value is -2.96. The second-order valence-corrected chi connectivity index (χ2v) is 4.68. The van der Waals surface area contributed by atoms with Crippen LogP contribution in [-0.4, -0.2) is 30.0 Å². The van der Waals surface area contributed by atoms with Crippen molar-refractivity contribution in [3.63, 3.8) is 0 Å². The molecule has 0 atom stereocenters. The predicted octanol–water partition coefficient (Wildman–Crippen LogP) is 1.03. The van der Waals surface area contributed by atoms with Gasteiger partial charge in [0.25, 0.3) is 11.5 Å². The molecule has 0 saturated carbocycles. The zero-order valence-corrected chi connectivity index (χ0v) is 12.2. The topological polar surface area (TPSA) is 88.3 Å². The standard InChI is InChI=1S/C16H15FN2O4/c17-13-6-2-1-4-11(13)7-9-18-14(20)10-23-16(22)12-5-3-8-19-15(12)21/h1-6,8H,7,9-10H2,(H,18,20)(H,19,21). The summed E-state index contributed by atoms with van der Waals surface area (Å²) in [6, 6.07) is 9.05. The molecule has 0 bridgehead atoms. The molecule has 0 saturated heterocycles. The first-order chi connectivity index (χ1) is 11.1. The van der Waals surface area contributed by atoms with Crippen LogP contribution in [0.5, 0.6) is 0 Å². The average molecular weight is 318 g/mol. The Morgan fingerprint density at radius 1 is 1.17 bits per heavy atom. The van der Waals surface area contributed by atoms with Gasteiger partial charge >= 0.3 is 5.97 Å². The lowest BCUT2D eigenvalue weighted by Gasteiger charge is -2.07. The van der Waals surface area contributed by atoms with Crippen LogP contribution in [0, 0.1) is 5.82 Å². The Bertz CT molecular complexity index is 757. The number of esters is 1. The van der Waals surface area contributed by atoms with E-state index >= 15 is 0 Å². The molecule has 1 amide bonds. The summed E-state index contributed by atoms with van der Waals surface area (Å²) in [5.74, 6) is -1.74. The highest BCUT2D eigenvalue weighted by Crippen LogP contribution is 2.06. The van der Waals surface area contributed by atoms with Crippen LogP contribution in [0.4, 0.5) is 4.39 Å². The molecule has 0 fully saturated rings.